The van der Waals surface area contributed by atoms with Crippen molar-refractivity contribution in [3.05, 3.63) is 51.9 Å². The van der Waals surface area contributed by atoms with Gasteiger partial charge in [-0.05, 0) is 63.8 Å². The van der Waals surface area contributed by atoms with E-state index in [4.69, 9.17) is 4.52 Å². The quantitative estimate of drug-likeness (QED) is 0.844. The molecule has 3 nitrogen and oxygen atoms in total. The summed E-state index contributed by atoms with van der Waals surface area (Å²) in [5.74, 6) is 0.976. The number of aromatic nitrogens is 1. The Hall–Kier alpha value is -1.61. The van der Waals surface area contributed by atoms with Crippen LogP contribution in [0.4, 0.5) is 0 Å². The maximum Gasteiger partial charge on any atom is 0.138 e. The van der Waals surface area contributed by atoms with Gasteiger partial charge in [-0.15, -0.1) is 0 Å². The third-order valence-electron chi connectivity index (χ3n) is 4.74. The molecule has 21 heavy (non-hydrogen) atoms. The molecule has 112 valence electrons. The van der Waals surface area contributed by atoms with E-state index < -0.39 is 0 Å². The largest absolute Gasteiger partial charge is 0.361 e. The number of hydrogen-bond acceptors (Lipinski definition) is 3. The van der Waals surface area contributed by atoms with Gasteiger partial charge >= 0.3 is 0 Å². The molecule has 2 heterocycles. The molecule has 1 atom stereocenters. The molecule has 1 aliphatic heterocycles. The summed E-state index contributed by atoms with van der Waals surface area (Å²) in [5, 5.41) is 4.13. The standard InChI is InChI=1S/C18H24N2O/c1-12-7-8-16(10-13(12)2)11-20-9-5-6-17(20)18-14(3)19-21-15(18)4/h7-8,10,17H,5-6,9,11H2,1-4H3/t17-/m1/s1. The van der Waals surface area contributed by atoms with Gasteiger partial charge in [-0.1, -0.05) is 23.4 Å². The summed E-state index contributed by atoms with van der Waals surface area (Å²) in [4.78, 5) is 2.57. The molecule has 0 bridgehead atoms. The lowest BCUT2D eigenvalue weighted by molar-refractivity contribution is 0.245. The Morgan fingerprint density at radius 1 is 1.19 bits per heavy atom. The Bertz CT molecular complexity index is 625. The van der Waals surface area contributed by atoms with Crippen LogP contribution < -0.4 is 0 Å². The van der Waals surface area contributed by atoms with Crippen LogP contribution in [0.2, 0.25) is 0 Å². The van der Waals surface area contributed by atoms with Crippen molar-refractivity contribution in [2.45, 2.75) is 53.1 Å². The second-order valence-electron chi connectivity index (χ2n) is 6.28. The van der Waals surface area contributed by atoms with E-state index in [1.165, 1.54) is 35.1 Å². The topological polar surface area (TPSA) is 29.3 Å². The van der Waals surface area contributed by atoms with Crippen molar-refractivity contribution < 1.29 is 4.52 Å². The van der Waals surface area contributed by atoms with Crippen LogP contribution in [0.15, 0.2) is 22.7 Å². The van der Waals surface area contributed by atoms with Gasteiger partial charge in [0.2, 0.25) is 0 Å². The normalized spacial score (nSPS) is 19.3. The SMILES string of the molecule is Cc1ccc(CN2CCC[C@@H]2c2c(C)noc2C)cc1C. The van der Waals surface area contributed by atoms with Crippen molar-refractivity contribution in [1.82, 2.24) is 10.1 Å². The molecule has 3 rings (SSSR count). The molecule has 0 radical (unpaired) electrons. The van der Waals surface area contributed by atoms with Crippen LogP contribution in [0.25, 0.3) is 0 Å². The molecular formula is C18H24N2O. The molecular weight excluding hydrogens is 260 g/mol. The maximum atomic E-state index is 5.36. The number of aryl methyl sites for hydroxylation is 4. The van der Waals surface area contributed by atoms with Gasteiger partial charge in [0.05, 0.1) is 5.69 Å². The molecule has 1 fully saturated rings. The first kappa shape index (κ1) is 14.3. The van der Waals surface area contributed by atoms with Crippen LogP contribution in [0.1, 0.15) is 52.6 Å². The summed E-state index contributed by atoms with van der Waals surface area (Å²) in [6.45, 7) is 10.6. The second-order valence-corrected chi connectivity index (χ2v) is 6.28. The highest BCUT2D eigenvalue weighted by Crippen LogP contribution is 2.36. The summed E-state index contributed by atoms with van der Waals surface area (Å²) in [7, 11) is 0. The molecule has 0 spiro atoms. The predicted molar refractivity (Wildman–Crippen MR) is 84.3 cm³/mol. The third-order valence-corrected chi connectivity index (χ3v) is 4.74. The second kappa shape index (κ2) is 5.64. The van der Waals surface area contributed by atoms with Gasteiger partial charge in [-0.25, -0.2) is 0 Å². The molecule has 3 heteroatoms. The first-order valence-electron chi connectivity index (χ1n) is 7.79. The Morgan fingerprint density at radius 3 is 2.67 bits per heavy atom. The van der Waals surface area contributed by atoms with Gasteiger partial charge in [0.1, 0.15) is 5.76 Å². The van der Waals surface area contributed by atoms with E-state index >= 15 is 0 Å². The lowest BCUT2D eigenvalue weighted by Crippen LogP contribution is -2.23. The fourth-order valence-electron chi connectivity index (χ4n) is 3.44. The van der Waals surface area contributed by atoms with Crippen LogP contribution in [-0.4, -0.2) is 16.6 Å². The van der Waals surface area contributed by atoms with Crippen molar-refractivity contribution in [1.29, 1.82) is 0 Å². The fraction of sp³-hybridized carbons (Fsp3) is 0.500. The summed E-state index contributed by atoms with van der Waals surface area (Å²) < 4.78 is 5.36. The van der Waals surface area contributed by atoms with Gasteiger partial charge in [0.15, 0.2) is 0 Å². The summed E-state index contributed by atoms with van der Waals surface area (Å²) in [5.41, 5.74) is 6.49. The van der Waals surface area contributed by atoms with E-state index in [-0.39, 0.29) is 0 Å². The highest BCUT2D eigenvalue weighted by molar-refractivity contribution is 5.31. The minimum atomic E-state index is 0.456. The minimum Gasteiger partial charge on any atom is -0.361 e. The molecule has 0 saturated carbocycles. The smallest absolute Gasteiger partial charge is 0.138 e. The van der Waals surface area contributed by atoms with Gasteiger partial charge in [-0.2, -0.15) is 0 Å². The number of nitrogens with zero attached hydrogens (tertiary/aromatic N) is 2. The van der Waals surface area contributed by atoms with Crippen molar-refractivity contribution in [3.8, 4) is 0 Å². The highest BCUT2D eigenvalue weighted by atomic mass is 16.5. The average Bonchev–Trinajstić information content (AvgIpc) is 3.01. The lowest BCUT2D eigenvalue weighted by Gasteiger charge is -2.24. The van der Waals surface area contributed by atoms with Gasteiger partial charge in [0, 0.05) is 18.2 Å². The van der Waals surface area contributed by atoms with Crippen molar-refractivity contribution in [3.63, 3.8) is 0 Å². The molecule has 0 N–H and O–H groups in total. The van der Waals surface area contributed by atoms with Crippen LogP contribution >= 0.6 is 0 Å². The summed E-state index contributed by atoms with van der Waals surface area (Å²) in [6, 6.07) is 7.26. The van der Waals surface area contributed by atoms with E-state index in [9.17, 15) is 0 Å². The Labute approximate surface area is 126 Å². The van der Waals surface area contributed by atoms with Crippen molar-refractivity contribution in [2.24, 2.45) is 0 Å². The summed E-state index contributed by atoms with van der Waals surface area (Å²) in [6.07, 6.45) is 2.45. The molecule has 1 aliphatic rings. The summed E-state index contributed by atoms with van der Waals surface area (Å²) >= 11 is 0. The monoisotopic (exact) mass is 284 g/mol. The molecule has 0 amide bonds. The van der Waals surface area contributed by atoms with Gasteiger partial charge < -0.3 is 4.52 Å². The molecule has 0 unspecified atom stereocenters. The zero-order chi connectivity index (χ0) is 15.0. The Morgan fingerprint density at radius 2 is 2.00 bits per heavy atom. The maximum absolute atomic E-state index is 5.36. The number of benzene rings is 1. The molecule has 0 aliphatic carbocycles. The van der Waals surface area contributed by atoms with E-state index in [1.54, 1.807) is 0 Å². The number of rotatable bonds is 3. The average molecular weight is 284 g/mol. The number of hydrogen-bond donors (Lipinski definition) is 0. The molecule has 2 aromatic rings. The van der Waals surface area contributed by atoms with E-state index in [0.717, 1.165) is 24.5 Å². The van der Waals surface area contributed by atoms with Crippen molar-refractivity contribution >= 4 is 0 Å². The van der Waals surface area contributed by atoms with Crippen LogP contribution in [0.5, 0.6) is 0 Å². The van der Waals surface area contributed by atoms with Crippen LogP contribution in [0.3, 0.4) is 0 Å². The van der Waals surface area contributed by atoms with E-state index in [1.807, 2.05) is 6.92 Å². The zero-order valence-electron chi connectivity index (χ0n) is 13.4. The van der Waals surface area contributed by atoms with E-state index in [0.29, 0.717) is 6.04 Å². The first-order chi connectivity index (χ1) is 10.1. The molecule has 1 aromatic carbocycles. The van der Waals surface area contributed by atoms with Crippen LogP contribution in [-0.2, 0) is 6.54 Å². The van der Waals surface area contributed by atoms with Crippen molar-refractivity contribution in [2.75, 3.05) is 6.54 Å². The highest BCUT2D eigenvalue weighted by Gasteiger charge is 2.30. The van der Waals surface area contributed by atoms with Crippen LogP contribution in [0, 0.1) is 27.7 Å². The minimum absolute atomic E-state index is 0.456. The predicted octanol–water partition coefficient (Wildman–Crippen LogP) is 4.25. The van der Waals surface area contributed by atoms with E-state index in [2.05, 4.69) is 49.0 Å². The van der Waals surface area contributed by atoms with Gasteiger partial charge in [-0.3, -0.25) is 4.90 Å². The Balaban J connectivity index is 1.83. The third kappa shape index (κ3) is 2.75. The molecule has 1 aromatic heterocycles. The molecule has 1 saturated heterocycles. The van der Waals surface area contributed by atoms with Gasteiger partial charge in [0.25, 0.3) is 0 Å². The zero-order valence-corrected chi connectivity index (χ0v) is 13.4. The number of likely N-dealkylation sites (tertiary alicyclic amines) is 1. The first-order valence-corrected chi connectivity index (χ1v) is 7.79. The Kier molecular flexibility index (Phi) is 3.85. The lowest BCUT2D eigenvalue weighted by atomic mass is 10.0. The fourth-order valence-corrected chi connectivity index (χ4v) is 3.44.